The first-order valence-corrected chi connectivity index (χ1v) is 9.46. The van der Waals surface area contributed by atoms with Gasteiger partial charge in [-0.3, -0.25) is 9.36 Å². The molecule has 2 N–H and O–H groups in total. The highest BCUT2D eigenvalue weighted by Crippen LogP contribution is 2.32. The third-order valence-corrected chi connectivity index (χ3v) is 5.27. The van der Waals surface area contributed by atoms with E-state index in [1.54, 1.807) is 31.3 Å². The lowest BCUT2D eigenvalue weighted by molar-refractivity contribution is 0.0698. The fraction of sp³-hybridized carbons (Fsp3) is 0.174. The first-order valence-electron chi connectivity index (χ1n) is 9.46. The second-order valence-electron chi connectivity index (χ2n) is 7.36. The van der Waals surface area contributed by atoms with E-state index in [0.717, 1.165) is 11.1 Å². The van der Waals surface area contributed by atoms with E-state index in [0.29, 0.717) is 21.8 Å². The van der Waals surface area contributed by atoms with Crippen LogP contribution in [0.15, 0.2) is 53.3 Å². The molecule has 152 valence electrons. The van der Waals surface area contributed by atoms with Crippen molar-refractivity contribution in [1.82, 2.24) is 9.55 Å². The van der Waals surface area contributed by atoms with Crippen molar-refractivity contribution in [2.24, 2.45) is 7.05 Å². The molecule has 2 aromatic heterocycles. The molecule has 4 rings (SSSR count). The summed E-state index contributed by atoms with van der Waals surface area (Å²) in [5, 5.41) is 14.6. The Morgan fingerprint density at radius 2 is 1.90 bits per heavy atom. The number of hydrogen-bond acceptors (Lipinski definition) is 4. The lowest BCUT2D eigenvalue weighted by Crippen LogP contribution is -2.20. The summed E-state index contributed by atoms with van der Waals surface area (Å²) in [5.41, 5.74) is 2.33. The van der Waals surface area contributed by atoms with Crippen LogP contribution < -0.4 is 10.9 Å². The number of hydrogen-bond donors (Lipinski definition) is 2. The van der Waals surface area contributed by atoms with Gasteiger partial charge in [0.2, 0.25) is 5.95 Å². The number of benzene rings is 2. The smallest absolute Gasteiger partial charge is 0.337 e. The van der Waals surface area contributed by atoms with Crippen LogP contribution in [-0.4, -0.2) is 20.6 Å². The van der Waals surface area contributed by atoms with Gasteiger partial charge >= 0.3 is 5.97 Å². The second kappa shape index (κ2) is 7.26. The minimum Gasteiger partial charge on any atom is -0.478 e. The number of carbonyl (C=O) groups is 1. The van der Waals surface area contributed by atoms with Gasteiger partial charge in [-0.25, -0.2) is 9.78 Å². The molecule has 0 bridgehead atoms. The summed E-state index contributed by atoms with van der Waals surface area (Å²) < 4.78 is 15.1. The molecule has 0 aliphatic rings. The molecular formula is C23H20FN3O3. The molecule has 0 fully saturated rings. The summed E-state index contributed by atoms with van der Waals surface area (Å²) in [7, 11) is 1.57. The molecule has 0 aliphatic heterocycles. The molecule has 4 aromatic rings. The number of rotatable bonds is 4. The van der Waals surface area contributed by atoms with Crippen LogP contribution in [0, 0.1) is 12.9 Å². The number of para-hydroxylation sites is 1. The maximum absolute atomic E-state index is 13.8. The monoisotopic (exact) mass is 405 g/mol. The van der Waals surface area contributed by atoms with E-state index in [1.807, 2.05) is 26.0 Å². The van der Waals surface area contributed by atoms with Gasteiger partial charge < -0.3 is 10.4 Å². The zero-order valence-electron chi connectivity index (χ0n) is 16.7. The van der Waals surface area contributed by atoms with Gasteiger partial charge in [0.15, 0.2) is 0 Å². The zero-order chi connectivity index (χ0) is 21.6. The number of nitrogens with zero attached hydrogens (tertiary/aromatic N) is 2. The highest BCUT2D eigenvalue weighted by atomic mass is 19.1. The Kier molecular flexibility index (Phi) is 4.73. The molecular weight excluding hydrogens is 385 g/mol. The molecule has 7 heteroatoms. The number of pyridine rings is 2. The van der Waals surface area contributed by atoms with Gasteiger partial charge in [-0.15, -0.1) is 0 Å². The van der Waals surface area contributed by atoms with E-state index >= 15 is 0 Å². The van der Waals surface area contributed by atoms with Crippen LogP contribution >= 0.6 is 0 Å². The first-order chi connectivity index (χ1) is 14.3. The van der Waals surface area contributed by atoms with Crippen molar-refractivity contribution in [3.8, 4) is 0 Å². The van der Waals surface area contributed by atoms with Crippen LogP contribution in [0.3, 0.4) is 0 Å². The van der Waals surface area contributed by atoms with Gasteiger partial charge in [-0.1, -0.05) is 18.2 Å². The van der Waals surface area contributed by atoms with Gasteiger partial charge in [0.25, 0.3) is 5.56 Å². The van der Waals surface area contributed by atoms with Crippen LogP contribution in [0.4, 0.5) is 10.1 Å². The number of nitrogens with one attached hydrogen (secondary N) is 1. The molecule has 1 atom stereocenters. The highest BCUT2D eigenvalue weighted by molar-refractivity contribution is 6.07. The molecule has 0 radical (unpaired) electrons. The SMILES string of the molecule is Cc1cc(C(C)Nc2ccccc2C(=O)O)c2c(c1)c(=O)n(C)c1nc(F)ccc21. The van der Waals surface area contributed by atoms with Crippen LogP contribution in [0.2, 0.25) is 0 Å². The van der Waals surface area contributed by atoms with Gasteiger partial charge in [-0.05, 0) is 55.3 Å². The molecule has 0 amide bonds. The van der Waals surface area contributed by atoms with Crippen molar-refractivity contribution >= 4 is 33.5 Å². The van der Waals surface area contributed by atoms with Crippen molar-refractivity contribution in [3.05, 3.63) is 81.5 Å². The minimum absolute atomic E-state index is 0.158. The summed E-state index contributed by atoms with van der Waals surface area (Å²) in [6.45, 7) is 3.79. The highest BCUT2D eigenvalue weighted by Gasteiger charge is 2.19. The van der Waals surface area contributed by atoms with E-state index in [9.17, 15) is 19.1 Å². The number of carboxylic acid groups (broad SMARTS) is 1. The summed E-state index contributed by atoms with van der Waals surface area (Å²) in [4.78, 5) is 28.5. The van der Waals surface area contributed by atoms with Crippen LogP contribution in [0.25, 0.3) is 21.8 Å². The predicted octanol–water partition coefficient (Wildman–Crippen LogP) is 4.41. The molecule has 2 aromatic carbocycles. The number of anilines is 1. The normalized spacial score (nSPS) is 12.3. The van der Waals surface area contributed by atoms with Crippen molar-refractivity contribution in [2.45, 2.75) is 19.9 Å². The van der Waals surface area contributed by atoms with Gasteiger partial charge in [0, 0.05) is 34.9 Å². The maximum Gasteiger partial charge on any atom is 0.337 e. The molecule has 0 aliphatic carbocycles. The van der Waals surface area contributed by atoms with Gasteiger partial charge in [0.05, 0.1) is 5.56 Å². The van der Waals surface area contributed by atoms with Crippen LogP contribution in [0.5, 0.6) is 0 Å². The number of aromatic nitrogens is 2. The Labute approximate surface area is 171 Å². The van der Waals surface area contributed by atoms with E-state index in [4.69, 9.17) is 0 Å². The molecule has 2 heterocycles. The first kappa shape index (κ1) is 19.6. The van der Waals surface area contributed by atoms with Crippen LogP contribution in [-0.2, 0) is 7.05 Å². The number of carboxylic acids is 1. The maximum atomic E-state index is 13.8. The average Bonchev–Trinajstić information content (AvgIpc) is 2.71. The van der Waals surface area contributed by atoms with Crippen molar-refractivity contribution in [3.63, 3.8) is 0 Å². The average molecular weight is 405 g/mol. The standard InChI is InChI=1S/C23H20FN3O3/c1-12-10-16(13(2)25-18-7-5-4-6-14(18)23(29)30)20-15-8-9-19(24)26-21(15)27(3)22(28)17(20)11-12/h4-11,13,25H,1-3H3,(H,29,30). The van der Waals surface area contributed by atoms with Crippen molar-refractivity contribution in [2.75, 3.05) is 5.32 Å². The molecule has 0 saturated heterocycles. The minimum atomic E-state index is -1.03. The lowest BCUT2D eigenvalue weighted by atomic mass is 9.95. The Bertz CT molecular complexity index is 1380. The largest absolute Gasteiger partial charge is 0.478 e. The molecule has 6 nitrogen and oxygen atoms in total. The third kappa shape index (κ3) is 3.18. The number of fused-ring (bicyclic) bond motifs is 3. The Hall–Kier alpha value is -3.74. The molecule has 30 heavy (non-hydrogen) atoms. The Balaban J connectivity index is 1.98. The summed E-state index contributed by atoms with van der Waals surface area (Å²) in [6, 6.07) is 13.0. The predicted molar refractivity (Wildman–Crippen MR) is 115 cm³/mol. The van der Waals surface area contributed by atoms with Crippen LogP contribution in [0.1, 0.15) is 34.5 Å². The van der Waals surface area contributed by atoms with Gasteiger partial charge in [0.1, 0.15) is 5.65 Å². The van der Waals surface area contributed by atoms with E-state index in [-0.39, 0.29) is 22.8 Å². The lowest BCUT2D eigenvalue weighted by Gasteiger charge is -2.21. The fourth-order valence-corrected chi connectivity index (χ4v) is 3.88. The summed E-state index contributed by atoms with van der Waals surface area (Å²) >= 11 is 0. The molecule has 0 saturated carbocycles. The van der Waals surface area contributed by atoms with Crippen molar-refractivity contribution in [1.29, 1.82) is 0 Å². The third-order valence-electron chi connectivity index (χ3n) is 5.27. The Morgan fingerprint density at radius 3 is 2.63 bits per heavy atom. The van der Waals surface area contributed by atoms with E-state index in [2.05, 4.69) is 10.3 Å². The summed E-state index contributed by atoms with van der Waals surface area (Å²) in [5.74, 6) is -1.69. The number of halogens is 1. The second-order valence-corrected chi connectivity index (χ2v) is 7.36. The van der Waals surface area contributed by atoms with E-state index in [1.165, 1.54) is 16.7 Å². The fourth-order valence-electron chi connectivity index (χ4n) is 3.88. The zero-order valence-corrected chi connectivity index (χ0v) is 16.7. The Morgan fingerprint density at radius 1 is 1.17 bits per heavy atom. The topological polar surface area (TPSA) is 84.2 Å². The van der Waals surface area contributed by atoms with E-state index < -0.39 is 11.9 Å². The number of aromatic carboxylic acids is 1. The molecule has 1 unspecified atom stereocenters. The molecule has 0 spiro atoms. The summed E-state index contributed by atoms with van der Waals surface area (Å²) in [6.07, 6.45) is 0. The quantitative estimate of drug-likeness (QED) is 0.388. The number of aryl methyl sites for hydroxylation is 2. The van der Waals surface area contributed by atoms with Gasteiger partial charge in [-0.2, -0.15) is 4.39 Å². The van der Waals surface area contributed by atoms with Crippen molar-refractivity contribution < 1.29 is 14.3 Å².